The molecule has 106 valence electrons. The van der Waals surface area contributed by atoms with Crippen molar-refractivity contribution in [1.82, 2.24) is 9.55 Å². The molecule has 1 unspecified atom stereocenters. The van der Waals surface area contributed by atoms with Crippen LogP contribution in [0.25, 0.3) is 11.1 Å². The van der Waals surface area contributed by atoms with Crippen LogP contribution in [0.3, 0.4) is 0 Å². The van der Waals surface area contributed by atoms with E-state index in [1.807, 2.05) is 13.8 Å². The Balaban J connectivity index is 2.78. The Labute approximate surface area is 126 Å². The third-order valence-electron chi connectivity index (χ3n) is 3.23. The predicted molar refractivity (Wildman–Crippen MR) is 81.8 cm³/mol. The van der Waals surface area contributed by atoms with E-state index in [1.54, 1.807) is 24.3 Å². The number of hydrogen-bond acceptors (Lipinski definition) is 2. The summed E-state index contributed by atoms with van der Waals surface area (Å²) in [4.78, 5) is 27.0. The van der Waals surface area contributed by atoms with Gasteiger partial charge >= 0.3 is 5.69 Å². The van der Waals surface area contributed by atoms with Crippen molar-refractivity contribution in [2.75, 3.05) is 0 Å². The lowest BCUT2D eigenvalue weighted by atomic mass is 10.1. The summed E-state index contributed by atoms with van der Waals surface area (Å²) in [5, 5.41) is 0.529. The molecule has 1 N–H and O–H groups in total. The smallest absolute Gasteiger partial charge is 0.297 e. The maximum absolute atomic E-state index is 12.5. The van der Waals surface area contributed by atoms with Crippen molar-refractivity contribution in [1.29, 1.82) is 0 Å². The van der Waals surface area contributed by atoms with Gasteiger partial charge in [-0.05, 0) is 31.0 Å². The summed E-state index contributed by atoms with van der Waals surface area (Å²) in [5.74, 6) is 0. The Hall–Kier alpha value is -1.52. The second kappa shape index (κ2) is 5.85. The zero-order valence-corrected chi connectivity index (χ0v) is 12.6. The summed E-state index contributed by atoms with van der Waals surface area (Å²) < 4.78 is 1.18. The Morgan fingerprint density at radius 3 is 2.60 bits per heavy atom. The molecule has 0 amide bonds. The highest BCUT2D eigenvalue weighted by Gasteiger charge is 2.17. The molecule has 0 aliphatic heterocycles. The summed E-state index contributed by atoms with van der Waals surface area (Å²) >= 11 is 12.0. The van der Waals surface area contributed by atoms with E-state index in [-0.39, 0.29) is 16.8 Å². The van der Waals surface area contributed by atoms with Crippen molar-refractivity contribution in [3.63, 3.8) is 0 Å². The zero-order valence-electron chi connectivity index (χ0n) is 11.1. The number of aromatic nitrogens is 2. The quantitative estimate of drug-likeness (QED) is 0.882. The average molecular weight is 313 g/mol. The van der Waals surface area contributed by atoms with Crippen LogP contribution in [0.4, 0.5) is 0 Å². The van der Waals surface area contributed by atoms with Crippen molar-refractivity contribution in [3.8, 4) is 11.1 Å². The number of rotatable bonds is 3. The molecule has 0 spiro atoms. The Kier molecular flexibility index (Phi) is 4.35. The number of hydrogen-bond donors (Lipinski definition) is 1. The number of halogens is 2. The van der Waals surface area contributed by atoms with Crippen LogP contribution in [-0.4, -0.2) is 9.55 Å². The molecule has 0 aliphatic rings. The molecule has 0 saturated heterocycles. The van der Waals surface area contributed by atoms with Gasteiger partial charge in [0, 0.05) is 11.1 Å². The molecular weight excluding hydrogens is 299 g/mol. The Bertz CT molecular complexity index is 750. The van der Waals surface area contributed by atoms with Gasteiger partial charge in [-0.3, -0.25) is 14.3 Å². The molecule has 2 aromatic rings. The molecular formula is C14H14Cl2N2O2. The molecule has 4 nitrogen and oxygen atoms in total. The normalized spacial score (nSPS) is 12.4. The summed E-state index contributed by atoms with van der Waals surface area (Å²) in [6.07, 6.45) is 0.666. The molecule has 1 aromatic carbocycles. The molecule has 0 radical (unpaired) electrons. The van der Waals surface area contributed by atoms with Gasteiger partial charge in [-0.25, -0.2) is 4.79 Å². The maximum Gasteiger partial charge on any atom is 0.329 e. The van der Waals surface area contributed by atoms with Crippen LogP contribution in [0, 0.1) is 0 Å². The minimum absolute atomic E-state index is 0.0295. The van der Waals surface area contributed by atoms with Gasteiger partial charge in [0.15, 0.2) is 0 Å². The highest BCUT2D eigenvalue weighted by Crippen LogP contribution is 2.24. The van der Waals surface area contributed by atoms with Gasteiger partial charge in [-0.1, -0.05) is 42.3 Å². The summed E-state index contributed by atoms with van der Waals surface area (Å²) in [6.45, 7) is 3.72. The first-order valence-electron chi connectivity index (χ1n) is 6.26. The van der Waals surface area contributed by atoms with E-state index < -0.39 is 11.2 Å². The maximum atomic E-state index is 12.5. The zero-order chi connectivity index (χ0) is 14.9. The van der Waals surface area contributed by atoms with Gasteiger partial charge in [0.25, 0.3) is 5.56 Å². The molecule has 1 atom stereocenters. The minimum Gasteiger partial charge on any atom is -0.297 e. The van der Waals surface area contributed by atoms with Gasteiger partial charge in [-0.2, -0.15) is 0 Å². The summed E-state index contributed by atoms with van der Waals surface area (Å²) in [7, 11) is 0. The number of nitrogens with zero attached hydrogens (tertiary/aromatic N) is 1. The first-order chi connectivity index (χ1) is 9.45. The minimum atomic E-state index is -0.500. The monoisotopic (exact) mass is 312 g/mol. The second-order valence-corrected chi connectivity index (χ2v) is 5.38. The molecule has 0 fully saturated rings. The third kappa shape index (κ3) is 2.67. The predicted octanol–water partition coefficient (Wildman–Crippen LogP) is 3.48. The first kappa shape index (κ1) is 14.9. The average Bonchev–Trinajstić information content (AvgIpc) is 2.37. The van der Waals surface area contributed by atoms with Crippen molar-refractivity contribution in [2.45, 2.75) is 26.3 Å². The number of aromatic amines is 1. The lowest BCUT2D eigenvalue weighted by Crippen LogP contribution is -2.38. The second-order valence-electron chi connectivity index (χ2n) is 4.56. The van der Waals surface area contributed by atoms with E-state index in [2.05, 4.69) is 4.98 Å². The highest BCUT2D eigenvalue weighted by atomic mass is 35.5. The molecule has 20 heavy (non-hydrogen) atoms. The Morgan fingerprint density at radius 1 is 1.30 bits per heavy atom. The fourth-order valence-corrected chi connectivity index (χ4v) is 2.46. The van der Waals surface area contributed by atoms with E-state index in [0.717, 1.165) is 0 Å². The molecule has 0 saturated carbocycles. The Morgan fingerprint density at radius 2 is 2.00 bits per heavy atom. The number of H-pyrrole nitrogens is 1. The van der Waals surface area contributed by atoms with Crippen molar-refractivity contribution < 1.29 is 0 Å². The van der Waals surface area contributed by atoms with Gasteiger partial charge in [-0.15, -0.1) is 0 Å². The summed E-state index contributed by atoms with van der Waals surface area (Å²) in [5.41, 5.74) is -0.0645. The molecule has 6 heteroatoms. The SMILES string of the molecule is CCC(C)n1c(=O)[nH]c(Cl)c(-c2cccc(Cl)c2)c1=O. The van der Waals surface area contributed by atoms with Crippen LogP contribution < -0.4 is 11.2 Å². The standard InChI is InChI=1S/C14H14Cl2N2O2/c1-3-8(2)18-13(19)11(12(16)17-14(18)20)9-5-4-6-10(15)7-9/h4-8H,3H2,1-2H3,(H,17,20). The lowest BCUT2D eigenvalue weighted by Gasteiger charge is -2.14. The van der Waals surface area contributed by atoms with Gasteiger partial charge < -0.3 is 0 Å². The highest BCUT2D eigenvalue weighted by molar-refractivity contribution is 6.32. The third-order valence-corrected chi connectivity index (χ3v) is 3.75. The van der Waals surface area contributed by atoms with E-state index in [4.69, 9.17) is 23.2 Å². The first-order valence-corrected chi connectivity index (χ1v) is 7.01. The van der Waals surface area contributed by atoms with Crippen LogP contribution in [0.1, 0.15) is 26.3 Å². The van der Waals surface area contributed by atoms with Crippen LogP contribution in [0.2, 0.25) is 10.2 Å². The van der Waals surface area contributed by atoms with Crippen LogP contribution in [0.15, 0.2) is 33.9 Å². The van der Waals surface area contributed by atoms with Gasteiger partial charge in [0.05, 0.1) is 5.56 Å². The molecule has 0 aliphatic carbocycles. The molecule has 2 rings (SSSR count). The molecule has 1 heterocycles. The van der Waals surface area contributed by atoms with E-state index in [9.17, 15) is 9.59 Å². The van der Waals surface area contributed by atoms with E-state index in [0.29, 0.717) is 17.0 Å². The van der Waals surface area contributed by atoms with Crippen LogP contribution in [0.5, 0.6) is 0 Å². The van der Waals surface area contributed by atoms with Crippen molar-refractivity contribution >= 4 is 23.2 Å². The summed E-state index contributed by atoms with van der Waals surface area (Å²) in [6, 6.07) is 6.60. The van der Waals surface area contributed by atoms with Gasteiger partial charge in [0.1, 0.15) is 5.15 Å². The lowest BCUT2D eigenvalue weighted by molar-refractivity contribution is 0.491. The molecule has 1 aromatic heterocycles. The largest absolute Gasteiger partial charge is 0.329 e. The van der Waals surface area contributed by atoms with Crippen LogP contribution >= 0.6 is 23.2 Å². The fourth-order valence-electron chi connectivity index (χ4n) is 2.00. The van der Waals surface area contributed by atoms with E-state index in [1.165, 1.54) is 4.57 Å². The van der Waals surface area contributed by atoms with Gasteiger partial charge in [0.2, 0.25) is 0 Å². The van der Waals surface area contributed by atoms with Crippen molar-refractivity contribution in [2.24, 2.45) is 0 Å². The van der Waals surface area contributed by atoms with Crippen LogP contribution in [-0.2, 0) is 0 Å². The van der Waals surface area contributed by atoms with E-state index >= 15 is 0 Å². The number of benzene rings is 1. The van der Waals surface area contributed by atoms with Crippen molar-refractivity contribution in [3.05, 3.63) is 55.3 Å². The number of nitrogens with one attached hydrogen (secondary N) is 1. The topological polar surface area (TPSA) is 54.9 Å². The molecule has 0 bridgehead atoms. The fraction of sp³-hybridized carbons (Fsp3) is 0.286.